The molecular weight excluding hydrogens is 523 g/mol. The normalized spacial score (nSPS) is 17.1. The van der Waals surface area contributed by atoms with E-state index >= 15 is 0 Å². The number of carbonyl (C=O) groups is 2. The van der Waals surface area contributed by atoms with Crippen LogP contribution in [0.1, 0.15) is 18.1 Å². The SMILES string of the molecule is CCOC(=O)C1(Cc2ccccc2)CN(C(=O)Nc2ccc(OC(F)(F)F)cc2)N=C1c1ccc(Cl)cc1. The largest absolute Gasteiger partial charge is 0.573 e. The molecule has 7 nitrogen and oxygen atoms in total. The van der Waals surface area contributed by atoms with E-state index in [-0.39, 0.29) is 25.3 Å². The molecule has 0 radical (unpaired) electrons. The first-order chi connectivity index (χ1) is 18.1. The second kappa shape index (κ2) is 11.1. The van der Waals surface area contributed by atoms with Crippen LogP contribution in [0.15, 0.2) is 84.0 Å². The van der Waals surface area contributed by atoms with Crippen molar-refractivity contribution in [1.82, 2.24) is 5.01 Å². The minimum atomic E-state index is -4.83. The van der Waals surface area contributed by atoms with Gasteiger partial charge in [0, 0.05) is 10.7 Å². The second-order valence-corrected chi connectivity index (χ2v) is 8.92. The van der Waals surface area contributed by atoms with Crippen LogP contribution in [-0.4, -0.2) is 42.2 Å². The third-order valence-corrected chi connectivity index (χ3v) is 6.05. The van der Waals surface area contributed by atoms with Gasteiger partial charge in [0.05, 0.1) is 18.9 Å². The standard InChI is InChI=1S/C27H23ClF3N3O4/c1-2-37-24(35)26(16-18-6-4-3-5-7-18)17-34(33-23(26)19-8-10-20(28)11-9-19)25(36)32-21-12-14-22(15-13-21)38-27(29,30)31/h3-15H,2,16-17H2,1H3,(H,32,36). The number of rotatable bonds is 7. The first-order valence-electron chi connectivity index (χ1n) is 11.6. The second-order valence-electron chi connectivity index (χ2n) is 8.48. The van der Waals surface area contributed by atoms with Crippen molar-refractivity contribution in [2.75, 3.05) is 18.5 Å². The molecule has 11 heteroatoms. The number of nitrogens with zero attached hydrogens (tertiary/aromatic N) is 2. The van der Waals surface area contributed by atoms with Crippen LogP contribution >= 0.6 is 11.6 Å². The van der Waals surface area contributed by atoms with Crippen LogP contribution in [-0.2, 0) is 16.0 Å². The number of esters is 1. The summed E-state index contributed by atoms with van der Waals surface area (Å²) in [7, 11) is 0. The highest BCUT2D eigenvalue weighted by molar-refractivity contribution is 6.30. The number of carbonyl (C=O) groups excluding carboxylic acids is 2. The molecule has 0 fully saturated rings. The van der Waals surface area contributed by atoms with Crippen molar-refractivity contribution in [3.05, 3.63) is 95.0 Å². The van der Waals surface area contributed by atoms with Gasteiger partial charge in [0.2, 0.25) is 0 Å². The lowest BCUT2D eigenvalue weighted by atomic mass is 9.75. The van der Waals surface area contributed by atoms with Crippen LogP contribution in [0.2, 0.25) is 5.02 Å². The van der Waals surface area contributed by atoms with E-state index in [9.17, 15) is 22.8 Å². The van der Waals surface area contributed by atoms with E-state index in [0.717, 1.165) is 22.7 Å². The average molecular weight is 546 g/mol. The van der Waals surface area contributed by atoms with Crippen LogP contribution < -0.4 is 10.1 Å². The molecule has 1 heterocycles. The predicted molar refractivity (Wildman–Crippen MR) is 136 cm³/mol. The minimum Gasteiger partial charge on any atom is -0.465 e. The number of benzene rings is 3. The van der Waals surface area contributed by atoms with Crippen molar-refractivity contribution in [1.29, 1.82) is 0 Å². The van der Waals surface area contributed by atoms with E-state index in [0.29, 0.717) is 16.3 Å². The van der Waals surface area contributed by atoms with E-state index in [1.807, 2.05) is 30.3 Å². The quantitative estimate of drug-likeness (QED) is 0.354. The maximum atomic E-state index is 13.5. The average Bonchev–Trinajstić information content (AvgIpc) is 3.26. The lowest BCUT2D eigenvalue weighted by Gasteiger charge is -2.29. The number of alkyl halides is 3. The summed E-state index contributed by atoms with van der Waals surface area (Å²) in [5.74, 6) is -0.967. The molecule has 3 aromatic carbocycles. The van der Waals surface area contributed by atoms with E-state index in [1.54, 1.807) is 31.2 Å². The van der Waals surface area contributed by atoms with E-state index < -0.39 is 29.5 Å². The van der Waals surface area contributed by atoms with Gasteiger partial charge in [-0.3, -0.25) is 4.79 Å². The molecule has 198 valence electrons. The van der Waals surface area contributed by atoms with Gasteiger partial charge >= 0.3 is 18.4 Å². The Balaban J connectivity index is 1.67. The number of anilines is 1. The Labute approximate surface area is 221 Å². The molecule has 4 rings (SSSR count). The number of ether oxygens (including phenoxy) is 2. The molecule has 0 saturated heterocycles. The number of hydrogen-bond acceptors (Lipinski definition) is 5. The fraction of sp³-hybridized carbons (Fsp3) is 0.222. The highest BCUT2D eigenvalue weighted by atomic mass is 35.5. The fourth-order valence-corrected chi connectivity index (χ4v) is 4.28. The third-order valence-electron chi connectivity index (χ3n) is 5.80. The van der Waals surface area contributed by atoms with Gasteiger partial charge in [-0.25, -0.2) is 9.80 Å². The van der Waals surface area contributed by atoms with Crippen molar-refractivity contribution in [3.63, 3.8) is 0 Å². The summed E-state index contributed by atoms with van der Waals surface area (Å²) in [6.07, 6.45) is -4.62. The summed E-state index contributed by atoms with van der Waals surface area (Å²) in [4.78, 5) is 26.7. The zero-order valence-corrected chi connectivity index (χ0v) is 20.9. The summed E-state index contributed by atoms with van der Waals surface area (Å²) >= 11 is 6.07. The molecular formula is C27H23ClF3N3O4. The topological polar surface area (TPSA) is 80.2 Å². The Hall–Kier alpha value is -4.05. The van der Waals surface area contributed by atoms with Crippen molar-refractivity contribution in [2.45, 2.75) is 19.7 Å². The summed E-state index contributed by atoms with van der Waals surface area (Å²) in [5.41, 5.74) is 0.643. The molecule has 1 N–H and O–H groups in total. The Morgan fingerprint density at radius 1 is 1.03 bits per heavy atom. The number of nitrogens with one attached hydrogen (secondary N) is 1. The number of hydrogen-bond donors (Lipinski definition) is 1. The van der Waals surface area contributed by atoms with E-state index in [1.165, 1.54) is 12.1 Å². The molecule has 1 unspecified atom stereocenters. The van der Waals surface area contributed by atoms with Crippen molar-refractivity contribution in [3.8, 4) is 5.75 Å². The smallest absolute Gasteiger partial charge is 0.465 e. The van der Waals surface area contributed by atoms with E-state index in [4.69, 9.17) is 16.3 Å². The van der Waals surface area contributed by atoms with Gasteiger partial charge < -0.3 is 14.8 Å². The lowest BCUT2D eigenvalue weighted by Crippen LogP contribution is -2.46. The summed E-state index contributed by atoms with van der Waals surface area (Å²) in [6, 6.07) is 20.0. The van der Waals surface area contributed by atoms with Gasteiger partial charge in [0.1, 0.15) is 11.2 Å². The van der Waals surface area contributed by atoms with Crippen molar-refractivity contribution < 1.29 is 32.2 Å². The van der Waals surface area contributed by atoms with Crippen LogP contribution in [0, 0.1) is 5.41 Å². The van der Waals surface area contributed by atoms with Gasteiger partial charge in [-0.2, -0.15) is 5.10 Å². The maximum absolute atomic E-state index is 13.5. The van der Waals surface area contributed by atoms with Gasteiger partial charge in [-0.1, -0.05) is 54.1 Å². The van der Waals surface area contributed by atoms with Crippen LogP contribution in [0.4, 0.5) is 23.7 Å². The number of halogens is 4. The molecule has 0 aliphatic carbocycles. The van der Waals surface area contributed by atoms with Crippen molar-refractivity contribution >= 4 is 35.0 Å². The first kappa shape index (κ1) is 27.0. The first-order valence-corrected chi connectivity index (χ1v) is 12.0. The molecule has 2 amide bonds. The summed E-state index contributed by atoms with van der Waals surface area (Å²) in [6.45, 7) is 1.69. The molecule has 0 bridgehead atoms. The third kappa shape index (κ3) is 6.25. The molecule has 1 aliphatic rings. The Morgan fingerprint density at radius 3 is 2.29 bits per heavy atom. The lowest BCUT2D eigenvalue weighted by molar-refractivity contribution is -0.274. The Morgan fingerprint density at radius 2 is 1.68 bits per heavy atom. The molecule has 0 saturated carbocycles. The zero-order valence-electron chi connectivity index (χ0n) is 20.2. The molecule has 1 atom stereocenters. The maximum Gasteiger partial charge on any atom is 0.573 e. The van der Waals surface area contributed by atoms with Gasteiger partial charge in [0.25, 0.3) is 0 Å². The van der Waals surface area contributed by atoms with Crippen molar-refractivity contribution in [2.24, 2.45) is 10.5 Å². The van der Waals surface area contributed by atoms with Gasteiger partial charge in [-0.15, -0.1) is 13.2 Å². The zero-order chi connectivity index (χ0) is 27.3. The molecule has 1 aliphatic heterocycles. The molecule has 0 aromatic heterocycles. The van der Waals surface area contributed by atoms with Crippen LogP contribution in [0.5, 0.6) is 5.75 Å². The van der Waals surface area contributed by atoms with Crippen LogP contribution in [0.3, 0.4) is 0 Å². The van der Waals surface area contributed by atoms with Crippen LogP contribution in [0.25, 0.3) is 0 Å². The van der Waals surface area contributed by atoms with Gasteiger partial charge in [-0.05, 0) is 60.9 Å². The summed E-state index contributed by atoms with van der Waals surface area (Å²) < 4.78 is 46.7. The predicted octanol–water partition coefficient (Wildman–Crippen LogP) is 6.28. The number of urea groups is 1. The monoisotopic (exact) mass is 545 g/mol. The molecule has 38 heavy (non-hydrogen) atoms. The van der Waals surface area contributed by atoms with Gasteiger partial charge in [0.15, 0.2) is 0 Å². The number of amides is 2. The molecule has 3 aromatic rings. The Bertz CT molecular complexity index is 1320. The number of hydrazone groups is 1. The molecule has 0 spiro atoms. The minimum absolute atomic E-state index is 0.125. The Kier molecular flexibility index (Phi) is 7.91. The summed E-state index contributed by atoms with van der Waals surface area (Å²) in [5, 5.41) is 8.73. The highest BCUT2D eigenvalue weighted by Gasteiger charge is 2.52. The fourth-order valence-electron chi connectivity index (χ4n) is 4.16. The van der Waals surface area contributed by atoms with E-state index in [2.05, 4.69) is 15.2 Å². The highest BCUT2D eigenvalue weighted by Crippen LogP contribution is 2.37.